The van der Waals surface area contributed by atoms with E-state index in [1.165, 1.54) is 19.5 Å². The van der Waals surface area contributed by atoms with Crippen LogP contribution in [0.4, 0.5) is 13.2 Å². The van der Waals surface area contributed by atoms with Crippen molar-refractivity contribution in [2.45, 2.75) is 12.7 Å². The minimum absolute atomic E-state index is 0.0239. The molecule has 0 aromatic carbocycles. The largest absolute Gasteiger partial charge is 0.467 e. The highest BCUT2D eigenvalue weighted by atomic mass is 19.4. The van der Waals surface area contributed by atoms with Gasteiger partial charge >= 0.3 is 12.2 Å². The lowest BCUT2D eigenvalue weighted by Gasteiger charge is -2.26. The van der Waals surface area contributed by atoms with Crippen LogP contribution in [0.2, 0.25) is 0 Å². The fourth-order valence-electron chi connectivity index (χ4n) is 3.39. The molecule has 0 radical (unpaired) electrons. The molecule has 4 rings (SSSR count). The molecule has 10 heteroatoms. The maximum atomic E-state index is 13.6. The van der Waals surface area contributed by atoms with Crippen molar-refractivity contribution in [2.75, 3.05) is 40.0 Å². The van der Waals surface area contributed by atoms with Crippen molar-refractivity contribution >= 4 is 21.9 Å². The lowest BCUT2D eigenvalue weighted by Crippen LogP contribution is -2.38. The molecule has 0 N–H and O–H groups in total. The lowest BCUT2D eigenvalue weighted by molar-refractivity contribution is -0.140. The molecule has 0 unspecified atom stereocenters. The van der Waals surface area contributed by atoms with Crippen LogP contribution in [-0.4, -0.2) is 64.4 Å². The van der Waals surface area contributed by atoms with E-state index in [2.05, 4.69) is 19.9 Å². The average molecular weight is 381 g/mol. The van der Waals surface area contributed by atoms with Crippen molar-refractivity contribution in [3.63, 3.8) is 0 Å². The number of halogens is 3. The number of rotatable bonds is 4. The highest BCUT2D eigenvalue weighted by molar-refractivity contribution is 6.07. The van der Waals surface area contributed by atoms with Crippen LogP contribution >= 0.6 is 0 Å². The first-order valence-corrected chi connectivity index (χ1v) is 8.54. The van der Waals surface area contributed by atoms with E-state index in [0.29, 0.717) is 42.7 Å². The van der Waals surface area contributed by atoms with Gasteiger partial charge in [0.1, 0.15) is 5.65 Å². The average Bonchev–Trinajstić information content (AvgIpc) is 2.99. The highest BCUT2D eigenvalue weighted by Gasteiger charge is 2.36. The summed E-state index contributed by atoms with van der Waals surface area (Å²) in [7, 11) is 1.42. The molecule has 7 nitrogen and oxygen atoms in total. The Morgan fingerprint density at radius 2 is 1.93 bits per heavy atom. The molecule has 3 aromatic rings. The van der Waals surface area contributed by atoms with Gasteiger partial charge in [-0.25, -0.2) is 9.97 Å². The summed E-state index contributed by atoms with van der Waals surface area (Å²) in [5.41, 5.74) is -0.488. The van der Waals surface area contributed by atoms with Crippen molar-refractivity contribution < 1.29 is 22.6 Å². The minimum atomic E-state index is -4.57. The van der Waals surface area contributed by atoms with Crippen molar-refractivity contribution in [1.29, 1.82) is 0 Å². The van der Waals surface area contributed by atoms with E-state index >= 15 is 0 Å². The number of nitrogens with zero attached hydrogens (tertiary/aromatic N) is 5. The first-order valence-electron chi connectivity index (χ1n) is 8.54. The summed E-state index contributed by atoms with van der Waals surface area (Å²) < 4.78 is 52.8. The highest BCUT2D eigenvalue weighted by Crippen LogP contribution is 2.37. The molecule has 0 aliphatic carbocycles. The molecular weight excluding hydrogens is 363 g/mol. The molecule has 0 amide bonds. The van der Waals surface area contributed by atoms with Crippen molar-refractivity contribution in [1.82, 2.24) is 24.4 Å². The molecule has 0 bridgehead atoms. The summed E-state index contributed by atoms with van der Waals surface area (Å²) in [5.74, 6) is 0. The Morgan fingerprint density at radius 3 is 2.63 bits per heavy atom. The Labute approximate surface area is 152 Å². The first-order chi connectivity index (χ1) is 13.0. The number of hydrogen-bond acceptors (Lipinski definition) is 6. The maximum absolute atomic E-state index is 13.6. The molecule has 1 aliphatic heterocycles. The summed E-state index contributed by atoms with van der Waals surface area (Å²) in [4.78, 5) is 14.1. The van der Waals surface area contributed by atoms with Crippen molar-refractivity contribution in [2.24, 2.45) is 0 Å². The molecule has 1 fully saturated rings. The molecule has 3 aromatic heterocycles. The number of methoxy groups -OCH3 is 1. The fraction of sp³-hybridized carbons (Fsp3) is 0.471. The van der Waals surface area contributed by atoms with Gasteiger partial charge in [-0.3, -0.25) is 4.90 Å². The monoisotopic (exact) mass is 381 g/mol. The number of morpholine rings is 1. The standard InChI is InChI=1S/C17H18F3N5O2/c1-26-16-22-10-12-11-2-3-21-14(17(18,19)20)13(11)25(15(12)23-16)5-4-24-6-8-27-9-7-24/h2-3,10H,4-9H2,1H3. The van der Waals surface area contributed by atoms with E-state index in [1.54, 1.807) is 10.6 Å². The van der Waals surface area contributed by atoms with Crippen LogP contribution in [0.1, 0.15) is 5.69 Å². The van der Waals surface area contributed by atoms with Crippen LogP contribution in [0.15, 0.2) is 18.5 Å². The van der Waals surface area contributed by atoms with Crippen molar-refractivity contribution in [3.8, 4) is 6.01 Å². The van der Waals surface area contributed by atoms with Gasteiger partial charge in [-0.1, -0.05) is 0 Å². The van der Waals surface area contributed by atoms with Gasteiger partial charge in [-0.2, -0.15) is 18.2 Å². The molecule has 0 saturated carbocycles. The third kappa shape index (κ3) is 3.30. The normalized spacial score (nSPS) is 16.3. The third-order valence-electron chi connectivity index (χ3n) is 4.68. The molecule has 0 spiro atoms. The van der Waals surface area contributed by atoms with Gasteiger partial charge in [0.25, 0.3) is 0 Å². The number of hydrogen-bond donors (Lipinski definition) is 0. The molecule has 144 valence electrons. The lowest BCUT2D eigenvalue weighted by atomic mass is 10.2. The van der Waals surface area contributed by atoms with Gasteiger partial charge in [-0.05, 0) is 6.07 Å². The molecular formula is C17H18F3N5O2. The quantitative estimate of drug-likeness (QED) is 0.691. The van der Waals surface area contributed by atoms with Gasteiger partial charge in [0, 0.05) is 49.3 Å². The Balaban J connectivity index is 1.88. The van der Waals surface area contributed by atoms with Crippen LogP contribution in [0.25, 0.3) is 21.9 Å². The number of pyridine rings is 1. The van der Waals surface area contributed by atoms with E-state index in [1.807, 2.05) is 0 Å². The van der Waals surface area contributed by atoms with Crippen LogP contribution in [0.3, 0.4) is 0 Å². The summed E-state index contributed by atoms with van der Waals surface area (Å²) in [6, 6.07) is 1.67. The SMILES string of the molecule is COc1ncc2c3ccnc(C(F)(F)F)c3n(CCN3CCOCC3)c2n1. The van der Waals surface area contributed by atoms with E-state index in [-0.39, 0.29) is 11.5 Å². The summed E-state index contributed by atoms with van der Waals surface area (Å²) in [6.07, 6.45) is -1.90. The molecule has 0 atom stereocenters. The summed E-state index contributed by atoms with van der Waals surface area (Å²) in [5, 5.41) is 0.970. The Bertz CT molecular complexity index is 966. The second-order valence-corrected chi connectivity index (χ2v) is 6.25. The topological polar surface area (TPSA) is 65.3 Å². The zero-order chi connectivity index (χ0) is 19.0. The van der Waals surface area contributed by atoms with Crippen LogP contribution in [0.5, 0.6) is 6.01 Å². The Kier molecular flexibility index (Phi) is 4.60. The summed E-state index contributed by atoms with van der Waals surface area (Å²) in [6.45, 7) is 3.67. The molecule has 4 heterocycles. The van der Waals surface area contributed by atoms with E-state index < -0.39 is 11.9 Å². The van der Waals surface area contributed by atoms with E-state index in [0.717, 1.165) is 13.1 Å². The number of ether oxygens (including phenoxy) is 2. The third-order valence-corrected chi connectivity index (χ3v) is 4.68. The first kappa shape index (κ1) is 17.9. The van der Waals surface area contributed by atoms with E-state index in [9.17, 15) is 13.2 Å². The van der Waals surface area contributed by atoms with Crippen molar-refractivity contribution in [3.05, 3.63) is 24.2 Å². The zero-order valence-corrected chi connectivity index (χ0v) is 14.7. The molecule has 27 heavy (non-hydrogen) atoms. The fourth-order valence-corrected chi connectivity index (χ4v) is 3.39. The predicted molar refractivity (Wildman–Crippen MR) is 91.6 cm³/mol. The number of alkyl halides is 3. The van der Waals surface area contributed by atoms with Gasteiger partial charge in [0.15, 0.2) is 5.69 Å². The van der Waals surface area contributed by atoms with Crippen LogP contribution in [-0.2, 0) is 17.5 Å². The van der Waals surface area contributed by atoms with Gasteiger partial charge in [-0.15, -0.1) is 0 Å². The minimum Gasteiger partial charge on any atom is -0.467 e. The molecule has 1 saturated heterocycles. The zero-order valence-electron chi connectivity index (χ0n) is 14.7. The van der Waals surface area contributed by atoms with Gasteiger partial charge in [0.2, 0.25) is 0 Å². The number of aromatic nitrogens is 4. The van der Waals surface area contributed by atoms with E-state index in [4.69, 9.17) is 9.47 Å². The van der Waals surface area contributed by atoms with Gasteiger partial charge < -0.3 is 14.0 Å². The Morgan fingerprint density at radius 1 is 1.15 bits per heavy atom. The van der Waals surface area contributed by atoms with Crippen LogP contribution in [0, 0.1) is 0 Å². The van der Waals surface area contributed by atoms with Crippen LogP contribution < -0.4 is 4.74 Å². The number of fused-ring (bicyclic) bond motifs is 3. The smallest absolute Gasteiger partial charge is 0.435 e. The maximum Gasteiger partial charge on any atom is 0.435 e. The Hall–Kier alpha value is -2.46. The summed E-state index contributed by atoms with van der Waals surface area (Å²) >= 11 is 0. The predicted octanol–water partition coefficient (Wildman–Crippen LogP) is 2.34. The molecule has 1 aliphatic rings. The second-order valence-electron chi connectivity index (χ2n) is 6.25. The second kappa shape index (κ2) is 6.93. The van der Waals surface area contributed by atoms with Gasteiger partial charge in [0.05, 0.1) is 25.8 Å².